The summed E-state index contributed by atoms with van der Waals surface area (Å²) in [4.78, 5) is 52.3. The Kier molecular flexibility index (Phi) is 7.46. The van der Waals surface area contributed by atoms with Gasteiger partial charge in [-0.1, -0.05) is 42.5 Å². The zero-order chi connectivity index (χ0) is 26.8. The maximum absolute atomic E-state index is 14.1. The van der Waals surface area contributed by atoms with Crippen molar-refractivity contribution in [2.45, 2.75) is 63.7 Å². The number of imidazole rings is 1. The van der Waals surface area contributed by atoms with Gasteiger partial charge in [0.2, 0.25) is 17.7 Å². The van der Waals surface area contributed by atoms with E-state index in [1.165, 1.54) is 0 Å². The molecule has 3 N–H and O–H groups in total. The highest BCUT2D eigenvalue weighted by atomic mass is 16.2. The van der Waals surface area contributed by atoms with E-state index in [0.717, 1.165) is 40.8 Å². The fourth-order valence-electron chi connectivity index (χ4n) is 5.64. The van der Waals surface area contributed by atoms with Crippen molar-refractivity contribution in [2.75, 3.05) is 20.1 Å². The second kappa shape index (κ2) is 10.9. The first-order valence-corrected chi connectivity index (χ1v) is 13.4. The molecule has 38 heavy (non-hydrogen) atoms. The minimum Gasteiger partial charge on any atom is -0.341 e. The van der Waals surface area contributed by atoms with Crippen molar-refractivity contribution in [2.24, 2.45) is 0 Å². The van der Waals surface area contributed by atoms with Crippen LogP contribution >= 0.6 is 0 Å². The van der Waals surface area contributed by atoms with Crippen LogP contribution < -0.4 is 10.6 Å². The van der Waals surface area contributed by atoms with Crippen molar-refractivity contribution < 1.29 is 14.4 Å². The van der Waals surface area contributed by atoms with E-state index in [1.54, 1.807) is 18.9 Å². The third kappa shape index (κ3) is 5.15. The van der Waals surface area contributed by atoms with Gasteiger partial charge in [0.25, 0.3) is 0 Å². The molecule has 9 nitrogen and oxygen atoms in total. The number of nitrogens with one attached hydrogen (secondary N) is 3. The van der Waals surface area contributed by atoms with E-state index in [1.807, 2.05) is 60.4 Å². The molecule has 2 saturated heterocycles. The van der Waals surface area contributed by atoms with Gasteiger partial charge in [-0.15, -0.1) is 0 Å². The van der Waals surface area contributed by atoms with Crippen LogP contribution in [0.3, 0.4) is 0 Å². The largest absolute Gasteiger partial charge is 0.341 e. The molecule has 4 atom stereocenters. The van der Waals surface area contributed by atoms with Crippen LogP contribution in [0.5, 0.6) is 0 Å². The van der Waals surface area contributed by atoms with E-state index in [9.17, 15) is 14.4 Å². The molecular weight excluding hydrogens is 480 g/mol. The van der Waals surface area contributed by atoms with E-state index in [0.29, 0.717) is 13.0 Å². The Labute approximate surface area is 223 Å². The van der Waals surface area contributed by atoms with Crippen LogP contribution in [-0.4, -0.2) is 75.8 Å². The lowest BCUT2D eigenvalue weighted by atomic mass is 10.0. The van der Waals surface area contributed by atoms with Crippen molar-refractivity contribution in [3.63, 3.8) is 0 Å². The van der Waals surface area contributed by atoms with Gasteiger partial charge in [-0.05, 0) is 57.4 Å². The van der Waals surface area contributed by atoms with Crippen LogP contribution in [0.1, 0.15) is 49.2 Å². The van der Waals surface area contributed by atoms with Gasteiger partial charge in [0, 0.05) is 19.1 Å². The van der Waals surface area contributed by atoms with E-state index < -0.39 is 12.1 Å². The highest BCUT2D eigenvalue weighted by Gasteiger charge is 2.44. The van der Waals surface area contributed by atoms with Crippen molar-refractivity contribution in [3.05, 3.63) is 65.5 Å². The maximum Gasteiger partial charge on any atom is 0.247 e. The Hall–Kier alpha value is -3.72. The van der Waals surface area contributed by atoms with Gasteiger partial charge in [-0.25, -0.2) is 4.98 Å². The second-order valence-corrected chi connectivity index (χ2v) is 10.4. The standard InChI is InChI=1S/C29H36N6O3/c1-18-8-7-11-22-26(18)33-27(31-22)24-13-12-21-14-15-34(25(36)16-20-9-5-4-6-10-20)17-23(29(38)35(21)24)32-28(37)19(2)30-3/h4-11,19,21,23-24,30H,12-17H2,1-3H3,(H,31,33)(H,32,37)/t19-,21+,23-,24-/m0/s1. The number of amides is 3. The molecule has 5 rings (SSSR count). The van der Waals surface area contributed by atoms with Crippen LogP contribution in [0.4, 0.5) is 0 Å². The van der Waals surface area contributed by atoms with Gasteiger partial charge in [0.1, 0.15) is 11.9 Å². The third-order valence-electron chi connectivity index (χ3n) is 7.93. The SMILES string of the molecule is CN[C@@H](C)C(=O)N[C@H]1CN(C(=O)Cc2ccccc2)CC[C@H]2CC[C@@H](c3nc4c(C)cccc4[nH]3)N2C1=O. The number of hydrogen-bond donors (Lipinski definition) is 3. The van der Waals surface area contributed by atoms with E-state index in [-0.39, 0.29) is 42.8 Å². The second-order valence-electron chi connectivity index (χ2n) is 10.4. The zero-order valence-corrected chi connectivity index (χ0v) is 22.2. The van der Waals surface area contributed by atoms with Gasteiger partial charge in [0.15, 0.2) is 0 Å². The third-order valence-corrected chi connectivity index (χ3v) is 7.93. The number of likely N-dealkylation sites (N-methyl/N-ethyl adjacent to an activating group) is 1. The fourth-order valence-corrected chi connectivity index (χ4v) is 5.64. The lowest BCUT2D eigenvalue weighted by molar-refractivity contribution is -0.143. The maximum atomic E-state index is 14.1. The summed E-state index contributed by atoms with van der Waals surface area (Å²) in [6, 6.07) is 14.1. The lowest BCUT2D eigenvalue weighted by Gasteiger charge is -2.39. The Bertz CT molecular complexity index is 1320. The first-order valence-electron chi connectivity index (χ1n) is 13.4. The van der Waals surface area contributed by atoms with Crippen molar-refractivity contribution in [3.8, 4) is 0 Å². The Balaban J connectivity index is 1.43. The van der Waals surface area contributed by atoms with Crippen LogP contribution in [0.15, 0.2) is 48.5 Å². The monoisotopic (exact) mass is 516 g/mol. The number of fused-ring (bicyclic) bond motifs is 2. The van der Waals surface area contributed by atoms with E-state index in [4.69, 9.17) is 4.98 Å². The van der Waals surface area contributed by atoms with Crippen LogP contribution in [0.2, 0.25) is 0 Å². The number of aromatic nitrogens is 2. The number of carbonyl (C=O) groups excluding carboxylic acids is 3. The average molecular weight is 517 g/mol. The van der Waals surface area contributed by atoms with Crippen LogP contribution in [0.25, 0.3) is 11.0 Å². The van der Waals surface area contributed by atoms with E-state index in [2.05, 4.69) is 15.6 Å². The molecule has 0 saturated carbocycles. The highest BCUT2D eigenvalue weighted by Crippen LogP contribution is 2.38. The topological polar surface area (TPSA) is 110 Å². The zero-order valence-electron chi connectivity index (χ0n) is 22.2. The summed E-state index contributed by atoms with van der Waals surface area (Å²) in [5.74, 6) is 0.300. The molecule has 2 fully saturated rings. The Morgan fingerprint density at radius 2 is 1.89 bits per heavy atom. The Morgan fingerprint density at radius 3 is 2.63 bits per heavy atom. The summed E-state index contributed by atoms with van der Waals surface area (Å²) in [5, 5.41) is 5.87. The molecule has 2 aromatic carbocycles. The summed E-state index contributed by atoms with van der Waals surface area (Å²) in [6.07, 6.45) is 2.55. The molecule has 0 bridgehead atoms. The number of aryl methyl sites for hydroxylation is 1. The van der Waals surface area contributed by atoms with Crippen molar-refractivity contribution >= 4 is 28.8 Å². The minimum absolute atomic E-state index is 0.0322. The fraction of sp³-hybridized carbons (Fsp3) is 0.448. The predicted molar refractivity (Wildman–Crippen MR) is 145 cm³/mol. The molecule has 9 heteroatoms. The van der Waals surface area contributed by atoms with Crippen LogP contribution in [0, 0.1) is 6.92 Å². The number of nitrogens with zero attached hydrogens (tertiary/aromatic N) is 3. The number of H-pyrrole nitrogens is 1. The Morgan fingerprint density at radius 1 is 1.11 bits per heavy atom. The first-order chi connectivity index (χ1) is 18.4. The molecule has 2 aliphatic heterocycles. The number of benzene rings is 2. The molecule has 0 radical (unpaired) electrons. The molecule has 2 aliphatic rings. The van der Waals surface area contributed by atoms with E-state index >= 15 is 0 Å². The summed E-state index contributed by atoms with van der Waals surface area (Å²) < 4.78 is 0. The molecule has 3 heterocycles. The molecule has 200 valence electrons. The molecule has 0 unspecified atom stereocenters. The number of aromatic amines is 1. The number of carbonyl (C=O) groups is 3. The van der Waals surface area contributed by atoms with Gasteiger partial charge >= 0.3 is 0 Å². The molecule has 0 aliphatic carbocycles. The normalized spacial score (nSPS) is 22.6. The quantitative estimate of drug-likeness (QED) is 0.466. The van der Waals surface area contributed by atoms with Gasteiger partial charge in [-0.2, -0.15) is 0 Å². The highest BCUT2D eigenvalue weighted by molar-refractivity contribution is 5.91. The van der Waals surface area contributed by atoms with Gasteiger partial charge in [-0.3, -0.25) is 14.4 Å². The number of para-hydroxylation sites is 1. The van der Waals surface area contributed by atoms with Gasteiger partial charge < -0.3 is 25.4 Å². The summed E-state index contributed by atoms with van der Waals surface area (Å²) in [6.45, 7) is 4.45. The van der Waals surface area contributed by atoms with Crippen LogP contribution in [-0.2, 0) is 20.8 Å². The number of rotatable bonds is 6. The number of hydrogen-bond acceptors (Lipinski definition) is 5. The molecular formula is C29H36N6O3. The molecule has 3 aromatic rings. The molecule has 1 aromatic heterocycles. The predicted octanol–water partition coefficient (Wildman–Crippen LogP) is 2.47. The first kappa shape index (κ1) is 25.9. The minimum atomic E-state index is -0.840. The smallest absolute Gasteiger partial charge is 0.247 e. The van der Waals surface area contributed by atoms with Gasteiger partial charge in [0.05, 0.1) is 29.5 Å². The summed E-state index contributed by atoms with van der Waals surface area (Å²) in [7, 11) is 1.70. The lowest BCUT2D eigenvalue weighted by Crippen LogP contribution is -2.60. The van der Waals surface area contributed by atoms with Crippen molar-refractivity contribution in [1.82, 2.24) is 30.4 Å². The molecule has 0 spiro atoms. The molecule has 3 amide bonds. The summed E-state index contributed by atoms with van der Waals surface area (Å²) in [5.41, 5.74) is 3.87. The summed E-state index contributed by atoms with van der Waals surface area (Å²) >= 11 is 0. The van der Waals surface area contributed by atoms with Crippen molar-refractivity contribution in [1.29, 1.82) is 0 Å². The average Bonchev–Trinajstić information content (AvgIpc) is 3.54.